The van der Waals surface area contributed by atoms with E-state index >= 15 is 0 Å². The van der Waals surface area contributed by atoms with Crippen LogP contribution in [0.15, 0.2) is 30.5 Å². The Labute approximate surface area is 111 Å². The van der Waals surface area contributed by atoms with Crippen molar-refractivity contribution in [2.45, 2.75) is 12.5 Å². The molecule has 3 N–H and O–H groups in total. The SMILES string of the molecule is O=C(Cc1c[nH]c2ccccc12)NC1C2CNCC21. The monoisotopic (exact) mass is 255 g/mol. The molecule has 98 valence electrons. The maximum Gasteiger partial charge on any atom is 0.224 e. The molecule has 19 heavy (non-hydrogen) atoms. The topological polar surface area (TPSA) is 56.9 Å². The van der Waals surface area contributed by atoms with Crippen molar-refractivity contribution in [3.05, 3.63) is 36.0 Å². The van der Waals surface area contributed by atoms with E-state index in [1.54, 1.807) is 0 Å². The molecule has 1 aromatic carbocycles. The molecular formula is C15H17N3O. The summed E-state index contributed by atoms with van der Waals surface area (Å²) in [6.07, 6.45) is 2.41. The van der Waals surface area contributed by atoms with Crippen LogP contribution in [0.3, 0.4) is 0 Å². The second-order valence-electron chi connectivity index (χ2n) is 5.62. The van der Waals surface area contributed by atoms with Gasteiger partial charge in [-0.2, -0.15) is 0 Å². The van der Waals surface area contributed by atoms with Crippen molar-refractivity contribution in [3.8, 4) is 0 Å². The highest BCUT2D eigenvalue weighted by atomic mass is 16.1. The summed E-state index contributed by atoms with van der Waals surface area (Å²) < 4.78 is 0. The number of hydrogen-bond acceptors (Lipinski definition) is 2. The van der Waals surface area contributed by atoms with Crippen molar-refractivity contribution in [2.24, 2.45) is 11.8 Å². The summed E-state index contributed by atoms with van der Waals surface area (Å²) in [6.45, 7) is 2.12. The molecule has 4 rings (SSSR count). The Morgan fingerprint density at radius 3 is 2.89 bits per heavy atom. The smallest absolute Gasteiger partial charge is 0.224 e. The zero-order chi connectivity index (χ0) is 12.8. The van der Waals surface area contributed by atoms with Gasteiger partial charge in [0.05, 0.1) is 6.42 Å². The molecule has 0 radical (unpaired) electrons. The van der Waals surface area contributed by atoms with Crippen LogP contribution in [0.1, 0.15) is 5.56 Å². The van der Waals surface area contributed by atoms with Gasteiger partial charge in [-0.05, 0) is 23.5 Å². The first-order chi connectivity index (χ1) is 9.33. The van der Waals surface area contributed by atoms with Gasteiger partial charge in [0, 0.05) is 36.2 Å². The second-order valence-corrected chi connectivity index (χ2v) is 5.62. The molecule has 2 heterocycles. The van der Waals surface area contributed by atoms with Crippen molar-refractivity contribution >= 4 is 16.8 Å². The van der Waals surface area contributed by atoms with Gasteiger partial charge in [0.25, 0.3) is 0 Å². The van der Waals surface area contributed by atoms with Gasteiger partial charge in [0.1, 0.15) is 0 Å². The van der Waals surface area contributed by atoms with Crippen LogP contribution in [-0.2, 0) is 11.2 Å². The first-order valence-corrected chi connectivity index (χ1v) is 6.88. The minimum Gasteiger partial charge on any atom is -0.361 e. The summed E-state index contributed by atoms with van der Waals surface area (Å²) in [4.78, 5) is 15.3. The van der Waals surface area contributed by atoms with Crippen molar-refractivity contribution in [1.29, 1.82) is 0 Å². The Bertz CT molecular complexity index is 623. The number of fused-ring (bicyclic) bond motifs is 2. The molecule has 2 atom stereocenters. The van der Waals surface area contributed by atoms with E-state index in [4.69, 9.17) is 0 Å². The largest absolute Gasteiger partial charge is 0.361 e. The third kappa shape index (κ3) is 1.83. The molecule has 1 saturated heterocycles. The number of amides is 1. The van der Waals surface area contributed by atoms with Gasteiger partial charge in [0.2, 0.25) is 5.91 Å². The lowest BCUT2D eigenvalue weighted by molar-refractivity contribution is -0.120. The maximum absolute atomic E-state index is 12.1. The number of rotatable bonds is 3. The van der Waals surface area contributed by atoms with Crippen molar-refractivity contribution in [2.75, 3.05) is 13.1 Å². The van der Waals surface area contributed by atoms with E-state index in [0.717, 1.165) is 29.6 Å². The van der Waals surface area contributed by atoms with Crippen molar-refractivity contribution in [3.63, 3.8) is 0 Å². The Kier molecular flexibility index (Phi) is 2.38. The lowest BCUT2D eigenvalue weighted by Crippen LogP contribution is -2.33. The van der Waals surface area contributed by atoms with Gasteiger partial charge >= 0.3 is 0 Å². The first kappa shape index (κ1) is 11.1. The number of aromatic nitrogens is 1. The summed E-state index contributed by atoms with van der Waals surface area (Å²) in [7, 11) is 0. The molecule has 2 fully saturated rings. The predicted octanol–water partition coefficient (Wildman–Crippen LogP) is 1.04. The van der Waals surface area contributed by atoms with Gasteiger partial charge in [-0.15, -0.1) is 0 Å². The summed E-state index contributed by atoms with van der Waals surface area (Å²) in [6, 6.07) is 8.52. The Morgan fingerprint density at radius 2 is 2.05 bits per heavy atom. The zero-order valence-electron chi connectivity index (χ0n) is 10.6. The van der Waals surface area contributed by atoms with Crippen LogP contribution >= 0.6 is 0 Å². The number of nitrogens with one attached hydrogen (secondary N) is 3. The van der Waals surface area contributed by atoms with E-state index in [0.29, 0.717) is 24.3 Å². The summed E-state index contributed by atoms with van der Waals surface area (Å²) >= 11 is 0. The van der Waals surface area contributed by atoms with Gasteiger partial charge in [-0.1, -0.05) is 18.2 Å². The molecule has 1 aliphatic carbocycles. The fraction of sp³-hybridized carbons (Fsp3) is 0.400. The van der Waals surface area contributed by atoms with Gasteiger partial charge < -0.3 is 15.6 Å². The fourth-order valence-electron chi connectivity index (χ4n) is 3.32. The molecular weight excluding hydrogens is 238 g/mol. The highest BCUT2D eigenvalue weighted by molar-refractivity contribution is 5.89. The molecule has 0 spiro atoms. The summed E-state index contributed by atoms with van der Waals surface area (Å²) in [5.74, 6) is 1.49. The van der Waals surface area contributed by atoms with Crippen molar-refractivity contribution < 1.29 is 4.79 Å². The quantitative estimate of drug-likeness (QED) is 0.767. The molecule has 1 saturated carbocycles. The number of carbonyl (C=O) groups is 1. The number of H-pyrrole nitrogens is 1. The van der Waals surface area contributed by atoms with Crippen LogP contribution in [0.25, 0.3) is 10.9 Å². The average molecular weight is 255 g/mol. The molecule has 0 bridgehead atoms. The minimum atomic E-state index is 0.143. The van der Waals surface area contributed by atoms with Crippen LogP contribution in [0.2, 0.25) is 0 Å². The molecule has 4 heteroatoms. The Hall–Kier alpha value is -1.81. The van der Waals surface area contributed by atoms with E-state index in [1.807, 2.05) is 24.4 Å². The number of para-hydroxylation sites is 1. The molecule has 1 amide bonds. The van der Waals surface area contributed by atoms with Gasteiger partial charge in [-0.25, -0.2) is 0 Å². The zero-order valence-corrected chi connectivity index (χ0v) is 10.6. The van der Waals surface area contributed by atoms with E-state index in [2.05, 4.69) is 21.7 Å². The third-order valence-electron chi connectivity index (χ3n) is 4.45. The minimum absolute atomic E-state index is 0.143. The van der Waals surface area contributed by atoms with Crippen molar-refractivity contribution in [1.82, 2.24) is 15.6 Å². The van der Waals surface area contributed by atoms with E-state index < -0.39 is 0 Å². The normalized spacial score (nSPS) is 28.3. The summed E-state index contributed by atoms with van der Waals surface area (Å²) in [5, 5.41) is 7.65. The number of hydrogen-bond donors (Lipinski definition) is 3. The van der Waals surface area contributed by atoms with Crippen LogP contribution in [0.4, 0.5) is 0 Å². The fourth-order valence-corrected chi connectivity index (χ4v) is 3.32. The lowest BCUT2D eigenvalue weighted by atomic mass is 10.1. The summed E-state index contributed by atoms with van der Waals surface area (Å²) in [5.41, 5.74) is 2.18. The van der Waals surface area contributed by atoms with Crippen LogP contribution < -0.4 is 10.6 Å². The molecule has 2 unspecified atom stereocenters. The molecule has 4 nitrogen and oxygen atoms in total. The molecule has 1 aromatic heterocycles. The standard InChI is InChI=1S/C15H17N3O/c19-14(18-15-11-7-16-8-12(11)15)5-9-6-17-13-4-2-1-3-10(9)13/h1-4,6,11-12,15-17H,5,7-8H2,(H,18,19). The van der Waals surface area contributed by atoms with Crippen LogP contribution in [0.5, 0.6) is 0 Å². The third-order valence-corrected chi connectivity index (χ3v) is 4.45. The molecule has 1 aliphatic heterocycles. The predicted molar refractivity (Wildman–Crippen MR) is 73.8 cm³/mol. The second kappa shape index (κ2) is 4.10. The highest BCUT2D eigenvalue weighted by Crippen LogP contribution is 2.41. The van der Waals surface area contributed by atoms with Crippen LogP contribution in [-0.4, -0.2) is 30.0 Å². The van der Waals surface area contributed by atoms with E-state index in [-0.39, 0.29) is 5.91 Å². The van der Waals surface area contributed by atoms with E-state index in [1.165, 1.54) is 0 Å². The molecule has 2 aromatic rings. The van der Waals surface area contributed by atoms with Gasteiger partial charge in [0.15, 0.2) is 0 Å². The Morgan fingerprint density at radius 1 is 1.26 bits per heavy atom. The van der Waals surface area contributed by atoms with Gasteiger partial charge in [-0.3, -0.25) is 4.79 Å². The lowest BCUT2D eigenvalue weighted by Gasteiger charge is -2.07. The van der Waals surface area contributed by atoms with Crippen LogP contribution in [0, 0.1) is 11.8 Å². The Balaban J connectivity index is 1.45. The highest BCUT2D eigenvalue weighted by Gasteiger charge is 2.53. The average Bonchev–Trinajstić information content (AvgIpc) is 2.85. The number of piperidine rings is 1. The maximum atomic E-state index is 12.1. The van der Waals surface area contributed by atoms with E-state index in [9.17, 15) is 4.79 Å². The number of benzene rings is 1. The number of aromatic amines is 1. The number of carbonyl (C=O) groups excluding carboxylic acids is 1. The first-order valence-electron chi connectivity index (χ1n) is 6.88. The molecule has 2 aliphatic rings.